The highest BCUT2D eigenvalue weighted by Crippen LogP contribution is 2.34. The van der Waals surface area contributed by atoms with Gasteiger partial charge in [-0.05, 0) is 6.07 Å². The normalized spacial score (nSPS) is 12.1. The number of anilines is 1. The van der Waals surface area contributed by atoms with E-state index in [9.17, 15) is 17.2 Å². The molecule has 84 valence electrons. The second-order valence-corrected chi connectivity index (χ2v) is 5.37. The minimum atomic E-state index is -4.41. The van der Waals surface area contributed by atoms with Crippen LogP contribution in [0.3, 0.4) is 0 Å². The fourth-order valence-electron chi connectivity index (χ4n) is 0.903. The number of pyridine rings is 1. The van der Waals surface area contributed by atoms with Crippen LogP contribution in [0.1, 0.15) is 12.0 Å². The Balaban J connectivity index is 3.62. The summed E-state index contributed by atoms with van der Waals surface area (Å²) in [5.74, 6) is -0.302. The second-order valence-electron chi connectivity index (χ2n) is 2.49. The molecule has 0 atom stereocenters. The molecule has 4 nitrogen and oxygen atoms in total. The van der Waals surface area contributed by atoms with Crippen molar-refractivity contribution in [2.24, 2.45) is 0 Å². The summed E-state index contributed by atoms with van der Waals surface area (Å²) >= 11 is 5.41. The van der Waals surface area contributed by atoms with Crippen molar-refractivity contribution in [3.8, 4) is 0 Å². The largest absolute Gasteiger partial charge is 0.384 e. The monoisotopic (exact) mass is 276 g/mol. The topological polar surface area (TPSA) is 73.1 Å². The molecule has 0 aromatic carbocycles. The van der Waals surface area contributed by atoms with Gasteiger partial charge in [0.05, 0.1) is 10.6 Å². The van der Waals surface area contributed by atoms with Crippen molar-refractivity contribution >= 4 is 37.2 Å². The standard InChI is InChI=1S/C6H4Cl2F2N2O2S/c7-2-1-3(11)12-6(15(8,13)14)4(2)5(9)10/h1,5H,(H2,11,12). The molecule has 0 saturated heterocycles. The summed E-state index contributed by atoms with van der Waals surface area (Å²) < 4.78 is 46.8. The van der Waals surface area contributed by atoms with E-state index in [1.54, 1.807) is 0 Å². The molecule has 1 aromatic rings. The van der Waals surface area contributed by atoms with E-state index < -0.39 is 31.1 Å². The predicted molar refractivity (Wildman–Crippen MR) is 51.7 cm³/mol. The Labute approximate surface area is 93.4 Å². The molecule has 0 unspecified atom stereocenters. The van der Waals surface area contributed by atoms with Gasteiger partial charge in [0, 0.05) is 10.7 Å². The van der Waals surface area contributed by atoms with Gasteiger partial charge in [0.1, 0.15) is 5.82 Å². The van der Waals surface area contributed by atoms with E-state index in [4.69, 9.17) is 28.0 Å². The number of rotatable bonds is 2. The smallest absolute Gasteiger partial charge is 0.279 e. The minimum Gasteiger partial charge on any atom is -0.384 e. The highest BCUT2D eigenvalue weighted by Gasteiger charge is 2.27. The minimum absolute atomic E-state index is 0.302. The third-order valence-electron chi connectivity index (χ3n) is 1.44. The van der Waals surface area contributed by atoms with Crippen LogP contribution in [0.15, 0.2) is 11.1 Å². The molecule has 0 spiro atoms. The summed E-state index contributed by atoms with van der Waals surface area (Å²) in [4.78, 5) is 3.22. The Bertz CT molecular complexity index is 492. The molecule has 0 radical (unpaired) electrons. The van der Waals surface area contributed by atoms with Crippen LogP contribution in [0.25, 0.3) is 0 Å². The van der Waals surface area contributed by atoms with Gasteiger partial charge < -0.3 is 5.73 Å². The van der Waals surface area contributed by atoms with E-state index in [1.165, 1.54) is 0 Å². The summed E-state index contributed by atoms with van der Waals surface area (Å²) in [5, 5.41) is -1.50. The third-order valence-corrected chi connectivity index (χ3v) is 2.97. The molecule has 1 aromatic heterocycles. The Morgan fingerprint density at radius 3 is 2.40 bits per heavy atom. The molecule has 0 bridgehead atoms. The van der Waals surface area contributed by atoms with Crippen LogP contribution >= 0.6 is 22.3 Å². The zero-order valence-electron chi connectivity index (χ0n) is 6.92. The van der Waals surface area contributed by atoms with Gasteiger partial charge in [0.2, 0.25) is 0 Å². The van der Waals surface area contributed by atoms with E-state index in [-0.39, 0.29) is 5.82 Å². The zero-order valence-corrected chi connectivity index (χ0v) is 9.24. The quantitative estimate of drug-likeness (QED) is 0.841. The van der Waals surface area contributed by atoms with Gasteiger partial charge in [-0.1, -0.05) is 11.6 Å². The summed E-state index contributed by atoms with van der Waals surface area (Å²) in [6.45, 7) is 0. The molecule has 0 saturated carbocycles. The van der Waals surface area contributed by atoms with Crippen molar-refractivity contribution in [2.45, 2.75) is 11.5 Å². The molecule has 0 amide bonds. The van der Waals surface area contributed by atoms with Crippen molar-refractivity contribution in [3.63, 3.8) is 0 Å². The van der Waals surface area contributed by atoms with Crippen LogP contribution < -0.4 is 5.73 Å². The van der Waals surface area contributed by atoms with Crippen molar-refractivity contribution in [1.82, 2.24) is 4.98 Å². The van der Waals surface area contributed by atoms with Crippen LogP contribution in [-0.2, 0) is 9.05 Å². The lowest BCUT2D eigenvalue weighted by molar-refractivity contribution is 0.147. The zero-order chi connectivity index (χ0) is 11.8. The first-order chi connectivity index (χ1) is 6.73. The summed E-state index contributed by atoms with van der Waals surface area (Å²) in [7, 11) is 0.507. The number of alkyl halides is 2. The molecule has 0 fully saturated rings. The van der Waals surface area contributed by atoms with Gasteiger partial charge >= 0.3 is 0 Å². The lowest BCUT2D eigenvalue weighted by Gasteiger charge is -2.07. The first kappa shape index (κ1) is 12.4. The Morgan fingerprint density at radius 1 is 1.47 bits per heavy atom. The number of hydrogen-bond donors (Lipinski definition) is 1. The molecule has 9 heteroatoms. The van der Waals surface area contributed by atoms with E-state index in [1.807, 2.05) is 0 Å². The summed E-state index contributed by atoms with van der Waals surface area (Å²) in [6, 6.07) is 0.925. The number of hydrogen-bond acceptors (Lipinski definition) is 4. The molecule has 1 heterocycles. The fraction of sp³-hybridized carbons (Fsp3) is 0.167. The maximum Gasteiger partial charge on any atom is 0.279 e. The van der Waals surface area contributed by atoms with E-state index >= 15 is 0 Å². The first-order valence-electron chi connectivity index (χ1n) is 3.42. The molecule has 1 rings (SSSR count). The Kier molecular flexibility index (Phi) is 3.37. The molecule has 0 aliphatic carbocycles. The number of nitrogen functional groups attached to an aromatic ring is 1. The van der Waals surface area contributed by atoms with Gasteiger partial charge in [-0.2, -0.15) is 0 Å². The number of nitrogens with two attached hydrogens (primary N) is 1. The van der Waals surface area contributed by atoms with Crippen molar-refractivity contribution in [3.05, 3.63) is 16.7 Å². The second kappa shape index (κ2) is 4.07. The van der Waals surface area contributed by atoms with Gasteiger partial charge in [0.25, 0.3) is 15.5 Å². The first-order valence-corrected chi connectivity index (χ1v) is 6.11. The van der Waals surface area contributed by atoms with Crippen LogP contribution in [0.2, 0.25) is 5.02 Å². The summed E-state index contributed by atoms with van der Waals surface area (Å²) in [5.41, 5.74) is 4.22. The van der Waals surface area contributed by atoms with E-state index in [2.05, 4.69) is 4.98 Å². The Hall–Kier alpha value is -0.660. The number of halogens is 4. The van der Waals surface area contributed by atoms with E-state index in [0.29, 0.717) is 0 Å². The van der Waals surface area contributed by atoms with Crippen LogP contribution in [0, 0.1) is 0 Å². The SMILES string of the molecule is Nc1cc(Cl)c(C(F)F)c(S(=O)(=O)Cl)n1. The predicted octanol–water partition coefficient (Wildman–Crippen LogP) is 2.18. The van der Waals surface area contributed by atoms with Gasteiger partial charge in [-0.3, -0.25) is 0 Å². The molecular weight excluding hydrogens is 273 g/mol. The molecule has 0 aliphatic heterocycles. The lowest BCUT2D eigenvalue weighted by atomic mass is 10.3. The highest BCUT2D eigenvalue weighted by atomic mass is 35.7. The van der Waals surface area contributed by atoms with Gasteiger partial charge in [-0.25, -0.2) is 22.2 Å². The number of aromatic nitrogens is 1. The van der Waals surface area contributed by atoms with Crippen LogP contribution in [-0.4, -0.2) is 13.4 Å². The van der Waals surface area contributed by atoms with E-state index in [0.717, 1.165) is 6.07 Å². The van der Waals surface area contributed by atoms with Crippen molar-refractivity contribution < 1.29 is 17.2 Å². The average molecular weight is 277 g/mol. The maximum atomic E-state index is 12.5. The maximum absolute atomic E-state index is 12.5. The number of nitrogens with zero attached hydrogens (tertiary/aromatic N) is 1. The Morgan fingerprint density at radius 2 is 2.00 bits per heavy atom. The van der Waals surface area contributed by atoms with Crippen molar-refractivity contribution in [1.29, 1.82) is 0 Å². The average Bonchev–Trinajstić information content (AvgIpc) is 1.99. The lowest BCUT2D eigenvalue weighted by Crippen LogP contribution is -2.05. The molecular formula is C6H4Cl2F2N2O2S. The molecule has 15 heavy (non-hydrogen) atoms. The fourth-order valence-corrected chi connectivity index (χ4v) is 2.27. The molecule has 2 N–H and O–H groups in total. The van der Waals surface area contributed by atoms with Crippen LogP contribution in [0.4, 0.5) is 14.6 Å². The van der Waals surface area contributed by atoms with Crippen molar-refractivity contribution in [2.75, 3.05) is 5.73 Å². The highest BCUT2D eigenvalue weighted by molar-refractivity contribution is 8.13. The molecule has 0 aliphatic rings. The summed E-state index contributed by atoms with van der Waals surface area (Å²) in [6.07, 6.45) is -3.10. The van der Waals surface area contributed by atoms with Crippen LogP contribution in [0.5, 0.6) is 0 Å². The van der Waals surface area contributed by atoms with Gasteiger partial charge in [0.15, 0.2) is 5.03 Å². The third kappa shape index (κ3) is 2.67. The van der Waals surface area contributed by atoms with Gasteiger partial charge in [-0.15, -0.1) is 0 Å².